The number of sulfonamides is 1. The smallest absolute Gasteiger partial charge is 0.270 e. The summed E-state index contributed by atoms with van der Waals surface area (Å²) < 4.78 is 28.9. The molecule has 0 aliphatic rings. The molecule has 3 aromatic rings. The normalized spacial score (nSPS) is 11.5. The second kappa shape index (κ2) is 8.92. The predicted molar refractivity (Wildman–Crippen MR) is 120 cm³/mol. The molecule has 0 saturated carbocycles. The molecule has 0 unspecified atom stereocenters. The summed E-state index contributed by atoms with van der Waals surface area (Å²) in [6.45, 7) is 5.51. The third kappa shape index (κ3) is 5.23. The summed E-state index contributed by atoms with van der Waals surface area (Å²) in [5.74, 6) is 0. The van der Waals surface area contributed by atoms with Crippen LogP contribution in [0.2, 0.25) is 0 Å². The van der Waals surface area contributed by atoms with Crippen molar-refractivity contribution in [2.24, 2.45) is 5.10 Å². The fourth-order valence-electron chi connectivity index (χ4n) is 3.10. The predicted octanol–water partition coefficient (Wildman–Crippen LogP) is 4.16. The zero-order valence-electron chi connectivity index (χ0n) is 17.2. The van der Waals surface area contributed by atoms with Gasteiger partial charge in [-0.15, -0.1) is 0 Å². The van der Waals surface area contributed by atoms with E-state index in [1.54, 1.807) is 38.4 Å². The number of nitrogens with one attached hydrogen (secondary N) is 2. The number of nitro groups is 1. The number of benzene rings is 2. The molecule has 9 nitrogen and oxygen atoms in total. The summed E-state index contributed by atoms with van der Waals surface area (Å²) in [7, 11) is -4.15. The number of hydrazone groups is 1. The van der Waals surface area contributed by atoms with Gasteiger partial charge in [0.15, 0.2) is 0 Å². The van der Waals surface area contributed by atoms with Crippen LogP contribution < -0.4 is 10.1 Å². The molecule has 0 spiro atoms. The van der Waals surface area contributed by atoms with E-state index in [1.807, 2.05) is 19.1 Å². The van der Waals surface area contributed by atoms with Gasteiger partial charge in [-0.05, 0) is 55.7 Å². The molecule has 2 N–H and O–H groups in total. The van der Waals surface area contributed by atoms with Crippen molar-refractivity contribution in [1.29, 1.82) is 0 Å². The van der Waals surface area contributed by atoms with Gasteiger partial charge in [0.05, 0.1) is 22.5 Å². The number of anilines is 2. The Bertz CT molecular complexity index is 1240. The molecular weight excluding hydrogens is 418 g/mol. The van der Waals surface area contributed by atoms with Crippen LogP contribution in [0.15, 0.2) is 64.9 Å². The Morgan fingerprint density at radius 2 is 1.68 bits per heavy atom. The van der Waals surface area contributed by atoms with E-state index >= 15 is 0 Å². The number of aromatic nitrogens is 1. The van der Waals surface area contributed by atoms with Crippen LogP contribution in [0, 0.1) is 30.9 Å². The van der Waals surface area contributed by atoms with Crippen molar-refractivity contribution in [2.75, 3.05) is 10.1 Å². The molecule has 0 fully saturated rings. The summed E-state index contributed by atoms with van der Waals surface area (Å²) in [5, 5.41) is 15.3. The monoisotopic (exact) mass is 439 g/mol. The quantitative estimate of drug-likeness (QED) is 0.323. The average Bonchev–Trinajstić information content (AvgIpc) is 2.71. The lowest BCUT2D eigenvalue weighted by atomic mass is 10.1. The average molecular weight is 439 g/mol. The lowest BCUT2D eigenvalue weighted by Gasteiger charge is -2.16. The Labute approximate surface area is 180 Å². The topological polar surface area (TPSA) is 127 Å². The van der Waals surface area contributed by atoms with Crippen molar-refractivity contribution < 1.29 is 13.3 Å². The fourth-order valence-corrected chi connectivity index (χ4v) is 4.48. The third-order valence-electron chi connectivity index (χ3n) is 4.48. The van der Waals surface area contributed by atoms with E-state index in [0.717, 1.165) is 28.3 Å². The lowest BCUT2D eigenvalue weighted by Crippen LogP contribution is -2.16. The van der Waals surface area contributed by atoms with Gasteiger partial charge >= 0.3 is 0 Å². The van der Waals surface area contributed by atoms with Crippen LogP contribution in [0.4, 0.5) is 17.1 Å². The number of pyridine rings is 1. The number of hydrogen-bond donors (Lipinski definition) is 2. The van der Waals surface area contributed by atoms with Gasteiger partial charge in [-0.1, -0.05) is 17.7 Å². The van der Waals surface area contributed by atoms with E-state index in [0.29, 0.717) is 5.69 Å². The van der Waals surface area contributed by atoms with Crippen LogP contribution in [0.5, 0.6) is 0 Å². The Hall–Kier alpha value is -3.79. The van der Waals surface area contributed by atoms with Crippen LogP contribution in [0.25, 0.3) is 0 Å². The first-order valence-corrected chi connectivity index (χ1v) is 10.7. The number of aryl methyl sites for hydroxylation is 3. The van der Waals surface area contributed by atoms with Crippen LogP contribution >= 0.6 is 0 Å². The van der Waals surface area contributed by atoms with Crippen LogP contribution in [-0.4, -0.2) is 24.5 Å². The molecule has 0 atom stereocenters. The summed E-state index contributed by atoms with van der Waals surface area (Å²) in [6.07, 6.45) is 4.68. The summed E-state index contributed by atoms with van der Waals surface area (Å²) >= 11 is 0. The molecule has 0 radical (unpaired) electrons. The van der Waals surface area contributed by atoms with Gasteiger partial charge in [0, 0.05) is 24.5 Å². The van der Waals surface area contributed by atoms with Gasteiger partial charge in [-0.3, -0.25) is 25.2 Å². The second-order valence-corrected chi connectivity index (χ2v) is 8.62. The van der Waals surface area contributed by atoms with Crippen molar-refractivity contribution in [3.63, 3.8) is 0 Å². The minimum Gasteiger partial charge on any atom is -0.279 e. The van der Waals surface area contributed by atoms with Crippen LogP contribution in [0.1, 0.15) is 22.3 Å². The maximum Gasteiger partial charge on any atom is 0.270 e. The molecule has 0 amide bonds. The largest absolute Gasteiger partial charge is 0.279 e. The SMILES string of the molecule is Cc1cc(C)c(NS(=O)(=O)c2cc([N+](=O)[O-])ccc2N/N=C/c2ccncc2)c(C)c1. The second-order valence-electron chi connectivity index (χ2n) is 6.97. The highest BCUT2D eigenvalue weighted by Crippen LogP contribution is 2.30. The third-order valence-corrected chi connectivity index (χ3v) is 5.87. The first-order chi connectivity index (χ1) is 14.7. The minimum absolute atomic E-state index is 0.103. The van der Waals surface area contributed by atoms with Crippen LogP contribution in [-0.2, 0) is 10.0 Å². The lowest BCUT2D eigenvalue weighted by molar-refractivity contribution is -0.385. The van der Waals surface area contributed by atoms with Gasteiger partial charge in [0.1, 0.15) is 4.90 Å². The van der Waals surface area contributed by atoms with E-state index in [9.17, 15) is 18.5 Å². The van der Waals surface area contributed by atoms with E-state index in [2.05, 4.69) is 20.2 Å². The fraction of sp³-hybridized carbons (Fsp3) is 0.143. The first-order valence-electron chi connectivity index (χ1n) is 9.25. The maximum absolute atomic E-state index is 13.2. The standard InChI is InChI=1S/C21H21N5O4S/c1-14-10-15(2)21(16(3)11-14)25-31(29,30)20-12-18(26(27)28)4-5-19(20)24-23-13-17-6-8-22-9-7-17/h4-13,24-25H,1-3H3/b23-13+. The van der Waals surface area contributed by atoms with Crippen LogP contribution in [0.3, 0.4) is 0 Å². The van der Waals surface area contributed by atoms with Gasteiger partial charge in [-0.2, -0.15) is 5.10 Å². The molecule has 3 rings (SSSR count). The molecule has 10 heteroatoms. The van der Waals surface area contributed by atoms with E-state index in [1.165, 1.54) is 18.3 Å². The highest BCUT2D eigenvalue weighted by molar-refractivity contribution is 7.93. The summed E-state index contributed by atoms with van der Waals surface area (Å²) in [5.41, 5.74) is 6.10. The van der Waals surface area contributed by atoms with Crippen molar-refractivity contribution in [1.82, 2.24) is 4.98 Å². The first kappa shape index (κ1) is 21.9. The van der Waals surface area contributed by atoms with E-state index in [-0.39, 0.29) is 16.3 Å². The van der Waals surface area contributed by atoms with Gasteiger partial charge in [0.25, 0.3) is 15.7 Å². The maximum atomic E-state index is 13.2. The number of nitrogens with zero attached hydrogens (tertiary/aromatic N) is 3. The van der Waals surface area contributed by atoms with Crippen molar-refractivity contribution in [3.05, 3.63) is 87.2 Å². The summed E-state index contributed by atoms with van der Waals surface area (Å²) in [4.78, 5) is 14.2. The highest BCUT2D eigenvalue weighted by atomic mass is 32.2. The molecule has 2 aromatic carbocycles. The van der Waals surface area contributed by atoms with E-state index in [4.69, 9.17) is 0 Å². The molecule has 1 heterocycles. The zero-order valence-corrected chi connectivity index (χ0v) is 18.0. The molecule has 0 aliphatic heterocycles. The Morgan fingerprint density at radius 3 is 2.29 bits per heavy atom. The van der Waals surface area contributed by atoms with Gasteiger partial charge < -0.3 is 0 Å². The number of hydrogen-bond acceptors (Lipinski definition) is 7. The number of rotatable bonds is 7. The Morgan fingerprint density at radius 1 is 1.03 bits per heavy atom. The highest BCUT2D eigenvalue weighted by Gasteiger charge is 2.24. The molecular formula is C21H21N5O4S. The van der Waals surface area contributed by atoms with Crippen molar-refractivity contribution in [3.8, 4) is 0 Å². The van der Waals surface area contributed by atoms with Gasteiger partial charge in [0.2, 0.25) is 0 Å². The zero-order chi connectivity index (χ0) is 22.6. The molecule has 0 saturated heterocycles. The van der Waals surface area contributed by atoms with E-state index < -0.39 is 14.9 Å². The molecule has 0 aliphatic carbocycles. The van der Waals surface area contributed by atoms with Crippen molar-refractivity contribution >= 4 is 33.3 Å². The molecule has 1 aromatic heterocycles. The number of nitro benzene ring substituents is 1. The molecule has 0 bridgehead atoms. The molecule has 31 heavy (non-hydrogen) atoms. The minimum atomic E-state index is -4.15. The Balaban J connectivity index is 2.00. The van der Waals surface area contributed by atoms with Gasteiger partial charge in [-0.25, -0.2) is 8.42 Å². The molecule has 160 valence electrons. The van der Waals surface area contributed by atoms with Crippen molar-refractivity contribution in [2.45, 2.75) is 25.7 Å². The summed E-state index contributed by atoms with van der Waals surface area (Å²) in [6, 6.07) is 10.7. The number of non-ortho nitro benzene ring substituents is 1. The Kier molecular flexibility index (Phi) is 6.30.